The molecule has 9 aromatic carbocycles. The third-order valence-electron chi connectivity index (χ3n) is 12.2. The van der Waals surface area contributed by atoms with Gasteiger partial charge in [0.05, 0.1) is 11.1 Å². The fourth-order valence-corrected chi connectivity index (χ4v) is 9.07. The summed E-state index contributed by atoms with van der Waals surface area (Å²) in [7, 11) is 0. The van der Waals surface area contributed by atoms with Crippen molar-refractivity contribution in [3.8, 4) is 22.3 Å². The number of rotatable bonds is 8. The zero-order valence-electron chi connectivity index (χ0n) is 34.7. The van der Waals surface area contributed by atoms with E-state index in [1.165, 1.54) is 0 Å². The molecule has 0 N–H and O–H groups in total. The summed E-state index contributed by atoms with van der Waals surface area (Å²) >= 11 is 0. The minimum atomic E-state index is 0.360. The van der Waals surface area contributed by atoms with Crippen LogP contribution in [0.15, 0.2) is 226 Å². The smallest absolute Gasteiger partial charge is 0.257 e. The molecule has 0 unspecified atom stereocenters. The van der Waals surface area contributed by atoms with E-state index in [0.717, 1.165) is 100.0 Å². The Morgan fingerprint density at radius 3 is 1.23 bits per heavy atom. The van der Waals surface area contributed by atoms with Gasteiger partial charge in [-0.1, -0.05) is 121 Å². The summed E-state index contributed by atoms with van der Waals surface area (Å²) in [6, 6.07) is 72.7. The second-order valence-corrected chi connectivity index (χ2v) is 16.1. The number of fused-ring (bicyclic) bond motifs is 9. The number of para-hydroxylation sites is 2. The van der Waals surface area contributed by atoms with Crippen molar-refractivity contribution in [3.05, 3.63) is 212 Å². The van der Waals surface area contributed by atoms with Gasteiger partial charge in [-0.2, -0.15) is 4.98 Å². The predicted octanol–water partition coefficient (Wildman–Crippen LogP) is 15.8. The van der Waals surface area contributed by atoms with Crippen LogP contribution in [-0.2, 0) is 0 Å². The summed E-state index contributed by atoms with van der Waals surface area (Å²) in [5.41, 5.74) is 13.9. The number of benzene rings is 9. The second kappa shape index (κ2) is 14.8. The first-order valence-electron chi connectivity index (χ1n) is 21.5. The van der Waals surface area contributed by atoms with Crippen molar-refractivity contribution in [1.82, 2.24) is 15.2 Å². The van der Waals surface area contributed by atoms with E-state index in [0.29, 0.717) is 22.8 Å². The summed E-state index contributed by atoms with van der Waals surface area (Å²) in [6.45, 7) is 0. The summed E-state index contributed by atoms with van der Waals surface area (Å²) in [6.07, 6.45) is 0. The SMILES string of the molecule is c1ccc(-c2ccc(N(c3ccc4c(c3)oc3ccccc34)c3ccc4c(c3)oc3nc(N(c5ccc(-c6ccccc6)cc5)c5ccc6c(c5)oc5ccccc56)nnc34)cc2)cc1. The highest BCUT2D eigenvalue weighted by molar-refractivity contribution is 6.08. The largest absolute Gasteiger partial charge is 0.456 e. The standard InChI is InChI=1S/C57H35N5O3/c1-3-11-36(12-4-1)38-19-23-40(24-20-38)61(42-27-30-47-45-15-7-9-17-50(45)63-52(47)33-42)43-29-32-49-54(34-43)65-56-55(49)59-60-57(58-56)62(41-25-21-39(22-26-41)37-13-5-2-6-14-37)44-28-31-48-46-16-8-10-18-51(46)64-53(48)35-44/h1-35H. The van der Waals surface area contributed by atoms with Gasteiger partial charge >= 0.3 is 0 Å². The van der Waals surface area contributed by atoms with Crippen LogP contribution in [0.25, 0.3) is 88.3 Å². The lowest BCUT2D eigenvalue weighted by molar-refractivity contribution is 0.650. The third-order valence-corrected chi connectivity index (χ3v) is 12.2. The lowest BCUT2D eigenvalue weighted by Gasteiger charge is -2.25. The molecule has 8 heteroatoms. The van der Waals surface area contributed by atoms with Crippen molar-refractivity contribution in [2.75, 3.05) is 9.80 Å². The number of aromatic nitrogens is 3. The van der Waals surface area contributed by atoms with Crippen LogP contribution in [0.2, 0.25) is 0 Å². The number of hydrogen-bond donors (Lipinski definition) is 0. The van der Waals surface area contributed by atoms with Crippen LogP contribution in [0.4, 0.5) is 34.4 Å². The van der Waals surface area contributed by atoms with E-state index >= 15 is 0 Å². The zero-order valence-corrected chi connectivity index (χ0v) is 34.7. The van der Waals surface area contributed by atoms with E-state index in [1.54, 1.807) is 0 Å². The highest BCUT2D eigenvalue weighted by Gasteiger charge is 2.23. The molecule has 65 heavy (non-hydrogen) atoms. The quantitative estimate of drug-likeness (QED) is 0.150. The van der Waals surface area contributed by atoms with Crippen molar-refractivity contribution >= 4 is 100 Å². The molecule has 0 radical (unpaired) electrons. The molecule has 13 aromatic rings. The number of hydrogen-bond acceptors (Lipinski definition) is 8. The van der Waals surface area contributed by atoms with Crippen LogP contribution < -0.4 is 9.80 Å². The van der Waals surface area contributed by atoms with E-state index < -0.39 is 0 Å². The van der Waals surface area contributed by atoms with Gasteiger partial charge in [0.25, 0.3) is 11.7 Å². The van der Waals surface area contributed by atoms with E-state index in [-0.39, 0.29) is 0 Å². The molecule has 0 spiro atoms. The Morgan fingerprint density at radius 2 is 0.692 bits per heavy atom. The van der Waals surface area contributed by atoms with Crippen molar-refractivity contribution < 1.29 is 13.3 Å². The second-order valence-electron chi connectivity index (χ2n) is 16.1. The van der Waals surface area contributed by atoms with Gasteiger partial charge in [-0.3, -0.25) is 4.90 Å². The summed E-state index contributed by atoms with van der Waals surface area (Å²) in [4.78, 5) is 9.29. The summed E-state index contributed by atoms with van der Waals surface area (Å²) in [5, 5.41) is 14.6. The number of anilines is 6. The lowest BCUT2D eigenvalue weighted by Crippen LogP contribution is -2.14. The van der Waals surface area contributed by atoms with Gasteiger partial charge in [0.2, 0.25) is 0 Å². The number of nitrogens with zero attached hydrogens (tertiary/aromatic N) is 5. The maximum absolute atomic E-state index is 6.65. The Hall–Kier alpha value is -9.01. The Balaban J connectivity index is 0.929. The van der Waals surface area contributed by atoms with Crippen molar-refractivity contribution in [2.24, 2.45) is 0 Å². The van der Waals surface area contributed by atoms with E-state index in [2.05, 4.69) is 138 Å². The van der Waals surface area contributed by atoms with Gasteiger partial charge < -0.3 is 18.2 Å². The van der Waals surface area contributed by atoms with E-state index in [4.69, 9.17) is 28.4 Å². The molecule has 4 heterocycles. The molecule has 306 valence electrons. The fraction of sp³-hybridized carbons (Fsp3) is 0. The van der Waals surface area contributed by atoms with Crippen molar-refractivity contribution in [1.29, 1.82) is 0 Å². The minimum absolute atomic E-state index is 0.360. The van der Waals surface area contributed by atoms with Gasteiger partial charge in [-0.05, 0) is 95.1 Å². The monoisotopic (exact) mass is 837 g/mol. The molecule has 0 saturated carbocycles. The molecule has 0 aliphatic carbocycles. The average molecular weight is 838 g/mol. The van der Waals surface area contributed by atoms with Crippen LogP contribution in [0.5, 0.6) is 0 Å². The Bertz CT molecular complexity index is 3640. The molecular formula is C57H35N5O3. The molecule has 8 nitrogen and oxygen atoms in total. The van der Waals surface area contributed by atoms with Crippen molar-refractivity contribution in [3.63, 3.8) is 0 Å². The number of furan rings is 3. The molecule has 0 aliphatic rings. The molecule has 4 aromatic heterocycles. The molecule has 0 bridgehead atoms. The Morgan fingerprint density at radius 1 is 0.292 bits per heavy atom. The third kappa shape index (κ3) is 6.27. The molecule has 13 rings (SSSR count). The molecule has 0 amide bonds. The van der Waals surface area contributed by atoms with Crippen LogP contribution in [-0.4, -0.2) is 15.2 Å². The first-order valence-corrected chi connectivity index (χ1v) is 21.5. The summed E-state index contributed by atoms with van der Waals surface area (Å²) in [5.74, 6) is 0.360. The molecule has 0 saturated heterocycles. The maximum Gasteiger partial charge on any atom is 0.257 e. The van der Waals surface area contributed by atoms with Gasteiger partial charge in [0.15, 0.2) is 5.52 Å². The fourth-order valence-electron chi connectivity index (χ4n) is 9.07. The zero-order chi connectivity index (χ0) is 42.8. The maximum atomic E-state index is 6.65. The molecule has 0 aliphatic heterocycles. The Labute approximate surface area is 371 Å². The van der Waals surface area contributed by atoms with Gasteiger partial charge in [0.1, 0.15) is 27.9 Å². The summed E-state index contributed by atoms with van der Waals surface area (Å²) < 4.78 is 19.4. The van der Waals surface area contributed by atoms with E-state index in [1.807, 2.05) is 83.8 Å². The van der Waals surface area contributed by atoms with Crippen molar-refractivity contribution in [2.45, 2.75) is 0 Å². The first-order chi connectivity index (χ1) is 32.2. The van der Waals surface area contributed by atoms with E-state index in [9.17, 15) is 0 Å². The van der Waals surface area contributed by atoms with Gasteiger partial charge in [-0.15, -0.1) is 10.2 Å². The molecular weight excluding hydrogens is 803 g/mol. The van der Waals surface area contributed by atoms with Crippen LogP contribution in [0.1, 0.15) is 0 Å². The molecule has 0 atom stereocenters. The molecule has 0 fully saturated rings. The van der Waals surface area contributed by atoms with Crippen LogP contribution in [0.3, 0.4) is 0 Å². The Kier molecular flexibility index (Phi) is 8.35. The topological polar surface area (TPSA) is 84.6 Å². The highest BCUT2D eigenvalue weighted by atomic mass is 16.3. The van der Waals surface area contributed by atoms with Crippen LogP contribution >= 0.6 is 0 Å². The van der Waals surface area contributed by atoms with Gasteiger partial charge in [-0.25, -0.2) is 0 Å². The lowest BCUT2D eigenvalue weighted by atomic mass is 10.0. The highest BCUT2D eigenvalue weighted by Crippen LogP contribution is 2.42. The minimum Gasteiger partial charge on any atom is -0.456 e. The predicted molar refractivity (Wildman–Crippen MR) is 262 cm³/mol. The van der Waals surface area contributed by atoms with Gasteiger partial charge in [0, 0.05) is 62.5 Å². The first kappa shape index (κ1) is 36.6. The van der Waals surface area contributed by atoms with Crippen LogP contribution in [0, 0.1) is 0 Å². The average Bonchev–Trinajstić information content (AvgIpc) is 4.05. The normalized spacial score (nSPS) is 11.7.